The summed E-state index contributed by atoms with van der Waals surface area (Å²) in [5.41, 5.74) is 3.12. The highest BCUT2D eigenvalue weighted by atomic mass is 16.1. The van der Waals surface area contributed by atoms with Gasteiger partial charge in [-0.25, -0.2) is 9.97 Å². The van der Waals surface area contributed by atoms with Gasteiger partial charge < -0.3 is 14.9 Å². The number of carbonyl (C=O) groups excluding carboxylic acids is 1. The summed E-state index contributed by atoms with van der Waals surface area (Å²) in [4.78, 5) is 24.9. The number of hydrogen-bond donors (Lipinski definition) is 2. The first-order valence-corrected chi connectivity index (χ1v) is 9.23. The lowest BCUT2D eigenvalue weighted by atomic mass is 10.0. The topological polar surface area (TPSA) is 75.6 Å². The maximum atomic E-state index is 12.5. The van der Waals surface area contributed by atoms with E-state index in [9.17, 15) is 4.79 Å². The lowest BCUT2D eigenvalue weighted by Gasteiger charge is -2.20. The van der Waals surface area contributed by atoms with Crippen LogP contribution in [0.1, 0.15) is 50.4 Å². The molecule has 6 nitrogen and oxygen atoms in total. The van der Waals surface area contributed by atoms with E-state index in [1.54, 1.807) is 6.20 Å². The maximum Gasteiger partial charge on any atom is 0.222 e. The zero-order valence-electron chi connectivity index (χ0n) is 15.9. The van der Waals surface area contributed by atoms with Crippen LogP contribution in [-0.2, 0) is 17.8 Å². The summed E-state index contributed by atoms with van der Waals surface area (Å²) < 4.78 is 2.04. The van der Waals surface area contributed by atoms with E-state index in [1.807, 2.05) is 22.9 Å². The van der Waals surface area contributed by atoms with Gasteiger partial charge in [-0.2, -0.15) is 0 Å². The van der Waals surface area contributed by atoms with Crippen molar-refractivity contribution in [1.29, 1.82) is 0 Å². The molecule has 2 aromatic heterocycles. The van der Waals surface area contributed by atoms with E-state index in [4.69, 9.17) is 0 Å². The molecule has 0 unspecified atom stereocenters. The van der Waals surface area contributed by atoms with Gasteiger partial charge in [0.2, 0.25) is 5.91 Å². The Bertz CT molecular complexity index is 893. The van der Waals surface area contributed by atoms with Crippen LogP contribution in [0.5, 0.6) is 0 Å². The number of rotatable bonds is 7. The predicted molar refractivity (Wildman–Crippen MR) is 103 cm³/mol. The number of fused-ring (bicyclic) bond motifs is 1. The molecular weight excluding hydrogens is 326 g/mol. The molecule has 0 aliphatic rings. The van der Waals surface area contributed by atoms with Crippen molar-refractivity contribution >= 4 is 16.9 Å². The molecule has 0 aliphatic carbocycles. The second-order valence-electron chi connectivity index (χ2n) is 7.07. The number of nitrogens with one attached hydrogen (secondary N) is 2. The van der Waals surface area contributed by atoms with E-state index in [-0.39, 0.29) is 17.9 Å². The lowest BCUT2D eigenvalue weighted by Crippen LogP contribution is -2.33. The van der Waals surface area contributed by atoms with Crippen molar-refractivity contribution in [3.05, 3.63) is 47.8 Å². The lowest BCUT2D eigenvalue weighted by molar-refractivity contribution is -0.122. The number of aryl methyl sites for hydroxylation is 3. The maximum absolute atomic E-state index is 12.5. The van der Waals surface area contributed by atoms with Crippen LogP contribution in [0.25, 0.3) is 11.0 Å². The highest BCUT2D eigenvalue weighted by Gasteiger charge is 2.21. The van der Waals surface area contributed by atoms with Gasteiger partial charge in [0.1, 0.15) is 11.6 Å². The number of benzene rings is 1. The largest absolute Gasteiger partial charge is 0.346 e. The zero-order valence-corrected chi connectivity index (χ0v) is 15.9. The minimum absolute atomic E-state index is 0.0242. The summed E-state index contributed by atoms with van der Waals surface area (Å²) in [7, 11) is 0. The Balaban J connectivity index is 1.70. The van der Waals surface area contributed by atoms with Crippen LogP contribution < -0.4 is 5.32 Å². The predicted octanol–water partition coefficient (Wildman–Crippen LogP) is 3.53. The summed E-state index contributed by atoms with van der Waals surface area (Å²) in [6, 6.07) is 6.00. The first-order chi connectivity index (χ1) is 12.5. The molecule has 2 N–H and O–H groups in total. The minimum Gasteiger partial charge on any atom is -0.346 e. The van der Waals surface area contributed by atoms with Gasteiger partial charge in [0.25, 0.3) is 0 Å². The molecule has 1 atom stereocenters. The molecule has 6 heteroatoms. The molecule has 0 aliphatic heterocycles. The molecular formula is C20H27N5O. The molecule has 0 saturated carbocycles. The summed E-state index contributed by atoms with van der Waals surface area (Å²) in [6.45, 7) is 8.95. The quantitative estimate of drug-likeness (QED) is 0.682. The summed E-state index contributed by atoms with van der Waals surface area (Å²) in [5.74, 6) is 2.08. The molecule has 1 amide bonds. The summed E-state index contributed by atoms with van der Waals surface area (Å²) >= 11 is 0. The Morgan fingerprint density at radius 1 is 1.35 bits per heavy atom. The average molecular weight is 353 g/mol. The molecule has 2 heterocycles. The van der Waals surface area contributed by atoms with Crippen molar-refractivity contribution in [3.63, 3.8) is 0 Å². The first kappa shape index (κ1) is 18.2. The second kappa shape index (κ2) is 7.72. The molecule has 0 bridgehead atoms. The molecule has 0 fully saturated rings. The van der Waals surface area contributed by atoms with E-state index in [1.165, 1.54) is 5.56 Å². The standard InChI is InChI=1S/C20H27N5O/c1-5-17-21-9-11-25(17)10-8-18(26)24-19(13(2)3)20-22-15-7-6-14(4)12-16(15)23-20/h6-7,9,11-13,19H,5,8,10H2,1-4H3,(H,22,23)(H,24,26)/t19-/m1/s1. The van der Waals surface area contributed by atoms with Crippen molar-refractivity contribution < 1.29 is 4.79 Å². The first-order valence-electron chi connectivity index (χ1n) is 9.23. The Labute approximate surface area is 154 Å². The van der Waals surface area contributed by atoms with Gasteiger partial charge in [-0.05, 0) is 30.5 Å². The van der Waals surface area contributed by atoms with Crippen LogP contribution in [-0.4, -0.2) is 25.4 Å². The highest BCUT2D eigenvalue weighted by molar-refractivity contribution is 5.78. The highest BCUT2D eigenvalue weighted by Crippen LogP contribution is 2.23. The number of H-pyrrole nitrogens is 1. The Kier molecular flexibility index (Phi) is 5.40. The van der Waals surface area contributed by atoms with Crippen molar-refractivity contribution in [2.75, 3.05) is 0 Å². The molecule has 1 aromatic carbocycles. The van der Waals surface area contributed by atoms with Crippen LogP contribution in [0.15, 0.2) is 30.6 Å². The van der Waals surface area contributed by atoms with Crippen LogP contribution in [0.3, 0.4) is 0 Å². The van der Waals surface area contributed by atoms with E-state index in [0.29, 0.717) is 13.0 Å². The third-order valence-corrected chi connectivity index (χ3v) is 4.63. The number of amides is 1. The van der Waals surface area contributed by atoms with Crippen LogP contribution >= 0.6 is 0 Å². The fourth-order valence-electron chi connectivity index (χ4n) is 3.17. The van der Waals surface area contributed by atoms with Crippen molar-refractivity contribution in [2.24, 2.45) is 5.92 Å². The molecule has 26 heavy (non-hydrogen) atoms. The van der Waals surface area contributed by atoms with Crippen LogP contribution in [0, 0.1) is 12.8 Å². The Morgan fingerprint density at radius 2 is 2.15 bits per heavy atom. The fourth-order valence-corrected chi connectivity index (χ4v) is 3.17. The van der Waals surface area contributed by atoms with Crippen LogP contribution in [0.4, 0.5) is 0 Å². The van der Waals surface area contributed by atoms with E-state index in [0.717, 1.165) is 29.1 Å². The molecule has 0 radical (unpaired) electrons. The molecule has 3 aromatic rings. The fraction of sp³-hybridized carbons (Fsp3) is 0.450. The van der Waals surface area contributed by atoms with Crippen LogP contribution in [0.2, 0.25) is 0 Å². The smallest absolute Gasteiger partial charge is 0.222 e. The number of nitrogens with zero attached hydrogens (tertiary/aromatic N) is 3. The zero-order chi connectivity index (χ0) is 18.7. The van der Waals surface area contributed by atoms with Crippen molar-refractivity contribution in [3.8, 4) is 0 Å². The monoisotopic (exact) mass is 353 g/mol. The number of aromatic nitrogens is 4. The van der Waals surface area contributed by atoms with Gasteiger partial charge in [0.05, 0.1) is 17.1 Å². The average Bonchev–Trinajstić information content (AvgIpc) is 3.23. The molecule has 3 rings (SSSR count). The summed E-state index contributed by atoms with van der Waals surface area (Å²) in [5, 5.41) is 3.14. The number of aromatic amines is 1. The third kappa shape index (κ3) is 3.95. The number of hydrogen-bond acceptors (Lipinski definition) is 3. The van der Waals surface area contributed by atoms with Crippen molar-refractivity contribution in [1.82, 2.24) is 24.8 Å². The normalized spacial score (nSPS) is 12.7. The molecule has 0 spiro atoms. The second-order valence-corrected chi connectivity index (χ2v) is 7.07. The van der Waals surface area contributed by atoms with Gasteiger partial charge in [-0.3, -0.25) is 4.79 Å². The Morgan fingerprint density at radius 3 is 2.88 bits per heavy atom. The van der Waals surface area contributed by atoms with Gasteiger partial charge in [0, 0.05) is 31.8 Å². The van der Waals surface area contributed by atoms with E-state index >= 15 is 0 Å². The SMILES string of the molecule is CCc1nccn1CCC(=O)N[C@@H](c1nc2ccc(C)cc2[nH]1)C(C)C. The number of carbonyl (C=O) groups is 1. The van der Waals surface area contributed by atoms with Gasteiger partial charge >= 0.3 is 0 Å². The third-order valence-electron chi connectivity index (χ3n) is 4.63. The van der Waals surface area contributed by atoms with Gasteiger partial charge in [-0.1, -0.05) is 26.8 Å². The minimum atomic E-state index is -0.136. The van der Waals surface area contributed by atoms with E-state index in [2.05, 4.69) is 54.0 Å². The Hall–Kier alpha value is -2.63. The molecule has 0 saturated heterocycles. The number of imidazole rings is 2. The van der Waals surface area contributed by atoms with Gasteiger partial charge in [-0.15, -0.1) is 0 Å². The summed E-state index contributed by atoms with van der Waals surface area (Å²) in [6.07, 6.45) is 4.99. The van der Waals surface area contributed by atoms with Crippen molar-refractivity contribution in [2.45, 2.75) is 53.1 Å². The van der Waals surface area contributed by atoms with Gasteiger partial charge in [0.15, 0.2) is 0 Å². The van der Waals surface area contributed by atoms with E-state index < -0.39 is 0 Å². The molecule has 138 valence electrons.